The molecule has 0 aliphatic rings. The topological polar surface area (TPSA) is 181 Å². The van der Waals surface area contributed by atoms with Gasteiger partial charge in [0.05, 0.1) is 83.0 Å². The first-order chi connectivity index (χ1) is 30.5. The molecular weight excluding hydrogens is 828 g/mol. The molecule has 1 aromatic heterocycles. The molecule has 0 fully saturated rings. The minimum absolute atomic E-state index is 0.0287. The lowest BCUT2D eigenvalue weighted by Crippen LogP contribution is -2.36. The molecule has 18 heteroatoms. The summed E-state index contributed by atoms with van der Waals surface area (Å²) < 4.78 is 66.9. The number of rotatable bonds is 27. The maximum absolute atomic E-state index is 13.6. The van der Waals surface area contributed by atoms with Crippen molar-refractivity contribution in [1.29, 1.82) is 0 Å². The van der Waals surface area contributed by atoms with E-state index in [0.29, 0.717) is 67.7 Å². The van der Waals surface area contributed by atoms with Gasteiger partial charge in [-0.3, -0.25) is 14.6 Å². The molecule has 342 valence electrons. The smallest absolute Gasteiger partial charge is 0.416 e. The standard InChI is InChI=1S/C45H56F3N5O10/c1-3-52(4-2)38-11-12-40(39(30-38)41-29-36(13-14-49-41)42(56)50-31-33-7-6-10-37(28-33)45(46,47)48)51-43(57)35-9-5-8-34(27-35)32-62-24-23-60-20-19-59-21-22-61-25-26-63-44(58)53(15-17-54)16-18-55/h5-14,27-30,54-55H,3-4,15-26,31-32H2,1-2H3,(H,50,56)(H,51,57). The van der Waals surface area contributed by atoms with Crippen LogP contribution in [0.5, 0.6) is 0 Å². The molecule has 0 bridgehead atoms. The van der Waals surface area contributed by atoms with E-state index in [2.05, 4.69) is 20.5 Å². The van der Waals surface area contributed by atoms with Crippen molar-refractivity contribution in [3.05, 3.63) is 113 Å². The Morgan fingerprint density at radius 1 is 0.698 bits per heavy atom. The fourth-order valence-electron chi connectivity index (χ4n) is 6.16. The zero-order chi connectivity index (χ0) is 45.5. The number of hydrogen-bond donors (Lipinski definition) is 4. The lowest BCUT2D eigenvalue weighted by atomic mass is 10.0. The highest BCUT2D eigenvalue weighted by Gasteiger charge is 2.30. The van der Waals surface area contributed by atoms with Gasteiger partial charge in [0.1, 0.15) is 6.61 Å². The average Bonchev–Trinajstić information content (AvgIpc) is 3.28. The summed E-state index contributed by atoms with van der Waals surface area (Å²) in [5.74, 6) is -0.875. The number of aliphatic hydroxyl groups is 2. The third-order valence-electron chi connectivity index (χ3n) is 9.41. The van der Waals surface area contributed by atoms with Gasteiger partial charge in [-0.1, -0.05) is 24.3 Å². The second-order valence-corrected chi connectivity index (χ2v) is 13.8. The first-order valence-electron chi connectivity index (χ1n) is 20.6. The number of ether oxygens (including phenoxy) is 5. The molecule has 0 aliphatic carbocycles. The van der Waals surface area contributed by atoms with Gasteiger partial charge in [0.25, 0.3) is 11.8 Å². The normalized spacial score (nSPS) is 11.3. The first kappa shape index (κ1) is 50.0. The summed E-state index contributed by atoms with van der Waals surface area (Å²) in [6.45, 7) is 7.45. The van der Waals surface area contributed by atoms with Crippen LogP contribution < -0.4 is 15.5 Å². The SMILES string of the molecule is CCN(CC)c1ccc(NC(=O)c2cccc(COCCOCCOCCOCCOC(=O)N(CCO)CCO)c2)c(-c2cc(C(=O)NCc3cccc(C(F)(F)F)c3)ccn2)c1. The maximum Gasteiger partial charge on any atom is 0.416 e. The number of carbonyl (C=O) groups is 3. The summed E-state index contributed by atoms with van der Waals surface area (Å²) in [7, 11) is 0. The van der Waals surface area contributed by atoms with Crippen LogP contribution in [0.2, 0.25) is 0 Å². The molecular formula is C45H56F3N5O10. The Balaban J connectivity index is 1.24. The van der Waals surface area contributed by atoms with Gasteiger partial charge in [0, 0.05) is 61.3 Å². The van der Waals surface area contributed by atoms with E-state index in [1.807, 2.05) is 32.0 Å². The van der Waals surface area contributed by atoms with Crippen molar-refractivity contribution < 1.29 is 61.5 Å². The number of aliphatic hydroxyl groups excluding tert-OH is 2. The van der Waals surface area contributed by atoms with Crippen molar-refractivity contribution in [2.45, 2.75) is 33.2 Å². The molecule has 0 saturated carbocycles. The Hall–Kier alpha value is -5.63. The van der Waals surface area contributed by atoms with E-state index in [1.54, 1.807) is 30.3 Å². The minimum Gasteiger partial charge on any atom is -0.447 e. The zero-order valence-electron chi connectivity index (χ0n) is 35.5. The van der Waals surface area contributed by atoms with Gasteiger partial charge in [0.15, 0.2) is 0 Å². The molecule has 0 radical (unpaired) electrons. The van der Waals surface area contributed by atoms with Crippen molar-refractivity contribution >= 4 is 29.3 Å². The molecule has 4 N–H and O–H groups in total. The van der Waals surface area contributed by atoms with Gasteiger partial charge >= 0.3 is 12.3 Å². The molecule has 3 amide bonds. The Bertz CT molecular complexity index is 2030. The molecule has 1 heterocycles. The van der Waals surface area contributed by atoms with Crippen LogP contribution in [0.3, 0.4) is 0 Å². The van der Waals surface area contributed by atoms with E-state index in [0.717, 1.165) is 36.5 Å². The van der Waals surface area contributed by atoms with Crippen molar-refractivity contribution in [2.75, 3.05) is 102 Å². The second-order valence-electron chi connectivity index (χ2n) is 13.8. The summed E-state index contributed by atoms with van der Waals surface area (Å²) in [4.78, 5) is 46.6. The number of anilines is 2. The van der Waals surface area contributed by atoms with Crippen LogP contribution in [-0.4, -0.2) is 130 Å². The van der Waals surface area contributed by atoms with Gasteiger partial charge in [0.2, 0.25) is 0 Å². The van der Waals surface area contributed by atoms with Crippen LogP contribution in [0.1, 0.15) is 51.3 Å². The first-order valence-corrected chi connectivity index (χ1v) is 20.6. The highest BCUT2D eigenvalue weighted by atomic mass is 19.4. The van der Waals surface area contributed by atoms with E-state index < -0.39 is 23.7 Å². The van der Waals surface area contributed by atoms with Crippen LogP contribution in [0, 0.1) is 0 Å². The molecule has 0 aliphatic heterocycles. The lowest BCUT2D eigenvalue weighted by Gasteiger charge is -2.23. The van der Waals surface area contributed by atoms with Crippen molar-refractivity contribution in [2.24, 2.45) is 0 Å². The maximum atomic E-state index is 13.6. The van der Waals surface area contributed by atoms with Crippen LogP contribution in [0.25, 0.3) is 11.3 Å². The summed E-state index contributed by atoms with van der Waals surface area (Å²) in [6.07, 6.45) is -3.67. The van der Waals surface area contributed by atoms with Crippen LogP contribution in [-0.2, 0) is 43.0 Å². The minimum atomic E-state index is -4.50. The fourth-order valence-corrected chi connectivity index (χ4v) is 6.16. The van der Waals surface area contributed by atoms with Gasteiger partial charge in [-0.2, -0.15) is 13.2 Å². The second kappa shape index (κ2) is 26.8. The average molecular weight is 884 g/mol. The van der Waals surface area contributed by atoms with Crippen LogP contribution in [0.15, 0.2) is 85.1 Å². The molecule has 0 spiro atoms. The van der Waals surface area contributed by atoms with E-state index in [-0.39, 0.29) is 64.1 Å². The molecule has 0 saturated heterocycles. The number of alkyl halides is 3. The summed E-state index contributed by atoms with van der Waals surface area (Å²) in [6, 6.07) is 20.5. The number of carbonyl (C=O) groups excluding carboxylic acids is 3. The van der Waals surface area contributed by atoms with E-state index >= 15 is 0 Å². The molecule has 15 nitrogen and oxygen atoms in total. The monoisotopic (exact) mass is 883 g/mol. The Kier molecular flexibility index (Phi) is 21.2. The third-order valence-corrected chi connectivity index (χ3v) is 9.41. The number of hydrogen-bond acceptors (Lipinski definition) is 12. The predicted molar refractivity (Wildman–Crippen MR) is 229 cm³/mol. The molecule has 3 aromatic carbocycles. The third kappa shape index (κ3) is 16.9. The fraction of sp³-hybridized carbons (Fsp3) is 0.422. The van der Waals surface area contributed by atoms with E-state index in [4.69, 9.17) is 33.9 Å². The molecule has 63 heavy (non-hydrogen) atoms. The van der Waals surface area contributed by atoms with Crippen LogP contribution in [0.4, 0.5) is 29.3 Å². The van der Waals surface area contributed by atoms with Gasteiger partial charge in [-0.25, -0.2) is 4.79 Å². The van der Waals surface area contributed by atoms with Crippen molar-refractivity contribution in [3.8, 4) is 11.3 Å². The molecule has 0 atom stereocenters. The number of pyridine rings is 1. The number of nitrogens with zero attached hydrogens (tertiary/aromatic N) is 3. The molecule has 4 aromatic rings. The van der Waals surface area contributed by atoms with Crippen molar-refractivity contribution in [1.82, 2.24) is 15.2 Å². The van der Waals surface area contributed by atoms with Gasteiger partial charge in [-0.15, -0.1) is 0 Å². The number of amides is 3. The van der Waals surface area contributed by atoms with Crippen molar-refractivity contribution in [3.63, 3.8) is 0 Å². The number of aromatic nitrogens is 1. The van der Waals surface area contributed by atoms with E-state index in [1.165, 1.54) is 29.3 Å². The number of nitrogens with one attached hydrogen (secondary N) is 2. The number of halogens is 3. The highest BCUT2D eigenvalue weighted by molar-refractivity contribution is 6.06. The van der Waals surface area contributed by atoms with Gasteiger partial charge in [-0.05, 0) is 79.6 Å². The van der Waals surface area contributed by atoms with Gasteiger partial charge < -0.3 is 54.3 Å². The number of benzene rings is 3. The molecule has 4 rings (SSSR count). The predicted octanol–water partition coefficient (Wildman–Crippen LogP) is 5.79. The quantitative estimate of drug-likeness (QED) is 0.0531. The Morgan fingerprint density at radius 2 is 1.32 bits per heavy atom. The van der Waals surface area contributed by atoms with Crippen LogP contribution >= 0.6 is 0 Å². The zero-order valence-corrected chi connectivity index (χ0v) is 35.5. The highest BCUT2D eigenvalue weighted by Crippen LogP contribution is 2.33. The summed E-state index contributed by atoms with van der Waals surface area (Å²) in [5, 5.41) is 23.7. The summed E-state index contributed by atoms with van der Waals surface area (Å²) >= 11 is 0. The molecule has 0 unspecified atom stereocenters. The largest absolute Gasteiger partial charge is 0.447 e. The van der Waals surface area contributed by atoms with E-state index in [9.17, 15) is 27.6 Å². The Morgan fingerprint density at radius 3 is 1.97 bits per heavy atom. The summed E-state index contributed by atoms with van der Waals surface area (Å²) in [5.41, 5.74) is 3.23. The Labute approximate surface area is 365 Å². The lowest BCUT2D eigenvalue weighted by molar-refractivity contribution is -0.137.